The van der Waals surface area contributed by atoms with Crippen molar-refractivity contribution in [3.05, 3.63) is 64.7 Å². The van der Waals surface area contributed by atoms with Gasteiger partial charge in [0.1, 0.15) is 0 Å². The lowest BCUT2D eigenvalue weighted by Crippen LogP contribution is -2.22. The molecule has 3 aromatic heterocycles. The van der Waals surface area contributed by atoms with E-state index in [1.807, 2.05) is 72.7 Å². The van der Waals surface area contributed by atoms with Crippen LogP contribution in [0.25, 0.3) is 16.7 Å². The first kappa shape index (κ1) is 25.1. The smallest absolute Gasteiger partial charge is 0.339 e. The second-order valence-corrected chi connectivity index (χ2v) is 9.59. The molecule has 0 unspecified atom stereocenters. The summed E-state index contributed by atoms with van der Waals surface area (Å²) in [5, 5.41) is 12.4. The fourth-order valence-electron chi connectivity index (χ4n) is 4.03. The summed E-state index contributed by atoms with van der Waals surface area (Å²) in [6.07, 6.45) is 1.62. The largest absolute Gasteiger partial charge is 0.452 e. The van der Waals surface area contributed by atoms with Gasteiger partial charge in [-0.2, -0.15) is 10.2 Å². The van der Waals surface area contributed by atoms with Gasteiger partial charge in [-0.05, 0) is 58.7 Å². The second-order valence-electron chi connectivity index (χ2n) is 9.59. The number of carbonyl (C=O) groups excluding carboxylic acids is 2. The Labute approximate surface area is 210 Å². The van der Waals surface area contributed by atoms with Crippen LogP contribution in [0.15, 0.2) is 36.5 Å². The summed E-state index contributed by atoms with van der Waals surface area (Å²) >= 11 is 0. The second kappa shape index (κ2) is 9.93. The molecule has 0 saturated carbocycles. The summed E-state index contributed by atoms with van der Waals surface area (Å²) < 4.78 is 8.98. The zero-order valence-corrected chi connectivity index (χ0v) is 21.8. The van der Waals surface area contributed by atoms with Crippen LogP contribution in [0.1, 0.15) is 72.7 Å². The number of hydrogen-bond donors (Lipinski definition) is 1. The number of hydrogen-bond acceptors (Lipinski definition) is 6. The van der Waals surface area contributed by atoms with Gasteiger partial charge in [-0.3, -0.25) is 4.79 Å². The van der Waals surface area contributed by atoms with Gasteiger partial charge in [0, 0.05) is 11.7 Å². The van der Waals surface area contributed by atoms with E-state index in [-0.39, 0.29) is 12.0 Å². The molecule has 4 aromatic rings. The molecule has 0 atom stereocenters. The van der Waals surface area contributed by atoms with Gasteiger partial charge >= 0.3 is 5.97 Å². The Morgan fingerprint density at radius 2 is 1.75 bits per heavy atom. The summed E-state index contributed by atoms with van der Waals surface area (Å²) in [6.45, 7) is 13.3. The Morgan fingerprint density at radius 3 is 2.39 bits per heavy atom. The molecule has 3 heterocycles. The van der Waals surface area contributed by atoms with Crippen LogP contribution in [-0.4, -0.2) is 43.0 Å². The van der Waals surface area contributed by atoms with E-state index in [0.717, 1.165) is 22.6 Å². The summed E-state index contributed by atoms with van der Waals surface area (Å²) in [6, 6.07) is 9.78. The molecular weight excluding hydrogens is 456 g/mol. The number of aromatic nitrogens is 5. The molecule has 1 aromatic carbocycles. The SMILES string of the molecule is Cc1ccc(-n2nc(C)c(NC(=O)COC(=O)c3cc(C(C)C)nc4c3cnn4C(C)C)c2C)cc1. The molecule has 0 radical (unpaired) electrons. The monoisotopic (exact) mass is 488 g/mol. The van der Waals surface area contributed by atoms with Gasteiger partial charge in [-0.25, -0.2) is 19.1 Å². The van der Waals surface area contributed by atoms with E-state index in [4.69, 9.17) is 9.72 Å². The van der Waals surface area contributed by atoms with Gasteiger partial charge in [-0.1, -0.05) is 31.5 Å². The molecule has 0 aliphatic heterocycles. The Morgan fingerprint density at radius 1 is 1.06 bits per heavy atom. The van der Waals surface area contributed by atoms with Crippen LogP contribution in [0.5, 0.6) is 0 Å². The average Bonchev–Trinajstić information content (AvgIpc) is 3.39. The molecule has 1 N–H and O–H groups in total. The van der Waals surface area contributed by atoms with Crippen molar-refractivity contribution in [1.29, 1.82) is 0 Å². The number of esters is 1. The van der Waals surface area contributed by atoms with Gasteiger partial charge in [0.25, 0.3) is 5.91 Å². The summed E-state index contributed by atoms with van der Waals surface area (Å²) in [7, 11) is 0. The number of rotatable bonds is 7. The van der Waals surface area contributed by atoms with Gasteiger partial charge in [0.15, 0.2) is 12.3 Å². The zero-order valence-electron chi connectivity index (χ0n) is 21.8. The maximum Gasteiger partial charge on any atom is 0.339 e. The maximum atomic E-state index is 13.0. The van der Waals surface area contributed by atoms with Crippen LogP contribution < -0.4 is 5.32 Å². The predicted molar refractivity (Wildman–Crippen MR) is 139 cm³/mol. The first-order chi connectivity index (χ1) is 17.1. The van der Waals surface area contributed by atoms with Crippen molar-refractivity contribution in [2.45, 2.75) is 60.4 Å². The zero-order chi connectivity index (χ0) is 26.1. The molecule has 0 bridgehead atoms. The predicted octanol–water partition coefficient (Wildman–Crippen LogP) is 5.04. The molecule has 0 fully saturated rings. The number of nitrogens with zero attached hydrogens (tertiary/aromatic N) is 5. The molecule has 0 saturated heterocycles. The van der Waals surface area contributed by atoms with Gasteiger partial charge in [-0.15, -0.1) is 0 Å². The molecule has 36 heavy (non-hydrogen) atoms. The third-order valence-corrected chi connectivity index (χ3v) is 6.06. The highest BCUT2D eigenvalue weighted by atomic mass is 16.5. The Kier molecular flexibility index (Phi) is 6.92. The molecule has 4 rings (SSSR count). The molecule has 0 aliphatic carbocycles. The van der Waals surface area contributed by atoms with Crippen molar-refractivity contribution in [3.8, 4) is 5.69 Å². The van der Waals surface area contributed by atoms with Crippen molar-refractivity contribution >= 4 is 28.6 Å². The highest BCUT2D eigenvalue weighted by molar-refractivity contribution is 6.04. The van der Waals surface area contributed by atoms with E-state index in [1.165, 1.54) is 0 Å². The first-order valence-corrected chi connectivity index (χ1v) is 12.0. The van der Waals surface area contributed by atoms with Crippen LogP contribution in [0.3, 0.4) is 0 Å². The van der Waals surface area contributed by atoms with Gasteiger partial charge in [0.2, 0.25) is 0 Å². The van der Waals surface area contributed by atoms with E-state index in [2.05, 4.69) is 15.5 Å². The molecule has 188 valence electrons. The number of aryl methyl sites for hydroxylation is 2. The molecule has 9 nitrogen and oxygen atoms in total. The van der Waals surface area contributed by atoms with E-state index in [1.54, 1.807) is 21.6 Å². The number of pyridine rings is 1. The Hall–Kier alpha value is -4.01. The van der Waals surface area contributed by atoms with Gasteiger partial charge < -0.3 is 10.1 Å². The summed E-state index contributed by atoms with van der Waals surface area (Å²) in [5.41, 5.74) is 5.85. The van der Waals surface area contributed by atoms with Crippen LogP contribution >= 0.6 is 0 Å². The number of fused-ring (bicyclic) bond motifs is 1. The molecule has 9 heteroatoms. The minimum absolute atomic E-state index is 0.0827. The number of amides is 1. The van der Waals surface area contributed by atoms with E-state index >= 15 is 0 Å². The fraction of sp³-hybridized carbons (Fsp3) is 0.370. The van der Waals surface area contributed by atoms with Crippen molar-refractivity contribution in [2.75, 3.05) is 11.9 Å². The molecular formula is C27H32N6O3. The molecule has 1 amide bonds. The normalized spacial score (nSPS) is 11.5. The highest BCUT2D eigenvalue weighted by Gasteiger charge is 2.21. The third kappa shape index (κ3) is 4.86. The lowest BCUT2D eigenvalue weighted by atomic mass is 10.1. The lowest BCUT2D eigenvalue weighted by molar-refractivity contribution is -0.119. The Balaban J connectivity index is 1.51. The van der Waals surface area contributed by atoms with Crippen molar-refractivity contribution < 1.29 is 14.3 Å². The van der Waals surface area contributed by atoms with Gasteiger partial charge in [0.05, 0.1) is 39.9 Å². The van der Waals surface area contributed by atoms with Crippen molar-refractivity contribution in [1.82, 2.24) is 24.5 Å². The van der Waals surface area contributed by atoms with E-state index in [0.29, 0.717) is 28.0 Å². The highest BCUT2D eigenvalue weighted by Crippen LogP contribution is 2.26. The van der Waals surface area contributed by atoms with Crippen LogP contribution in [0, 0.1) is 20.8 Å². The minimum Gasteiger partial charge on any atom is -0.452 e. The molecule has 0 aliphatic rings. The minimum atomic E-state index is -0.591. The van der Waals surface area contributed by atoms with Crippen molar-refractivity contribution in [2.24, 2.45) is 0 Å². The number of carbonyl (C=O) groups is 2. The summed E-state index contributed by atoms with van der Waals surface area (Å²) in [5.74, 6) is -0.924. The number of nitrogens with one attached hydrogen (secondary N) is 1. The van der Waals surface area contributed by atoms with Crippen LogP contribution in [0.4, 0.5) is 5.69 Å². The average molecular weight is 489 g/mol. The molecule has 0 spiro atoms. The maximum absolute atomic E-state index is 13.0. The van der Waals surface area contributed by atoms with E-state index in [9.17, 15) is 9.59 Å². The third-order valence-electron chi connectivity index (χ3n) is 6.06. The topological polar surface area (TPSA) is 104 Å². The first-order valence-electron chi connectivity index (χ1n) is 12.0. The summed E-state index contributed by atoms with van der Waals surface area (Å²) in [4.78, 5) is 30.5. The number of ether oxygens (including phenoxy) is 1. The van der Waals surface area contributed by atoms with Crippen LogP contribution in [-0.2, 0) is 9.53 Å². The van der Waals surface area contributed by atoms with Crippen LogP contribution in [0.2, 0.25) is 0 Å². The Bertz CT molecular complexity index is 1430. The standard InChI is InChI=1S/C27H32N6O3/c1-15(2)23-12-21(22-13-28-32(16(3)4)26(22)29-23)27(35)36-14-24(34)30-25-18(6)31-33(19(25)7)20-10-8-17(5)9-11-20/h8-13,15-16H,14H2,1-7H3,(H,30,34). The fourth-order valence-corrected chi connectivity index (χ4v) is 4.03. The van der Waals surface area contributed by atoms with E-state index < -0.39 is 18.5 Å². The quantitative estimate of drug-likeness (QED) is 0.366. The number of benzene rings is 1. The van der Waals surface area contributed by atoms with Crippen molar-refractivity contribution in [3.63, 3.8) is 0 Å². The number of anilines is 1. The lowest BCUT2D eigenvalue weighted by Gasteiger charge is -2.12.